The van der Waals surface area contributed by atoms with E-state index in [0.717, 1.165) is 11.1 Å². The van der Waals surface area contributed by atoms with Crippen LogP contribution in [0.4, 0.5) is 0 Å². The van der Waals surface area contributed by atoms with Crippen LogP contribution in [0.2, 0.25) is 0 Å². The zero-order valence-electron chi connectivity index (χ0n) is 15.6. The van der Waals surface area contributed by atoms with Crippen molar-refractivity contribution in [2.75, 3.05) is 7.11 Å². The molecule has 2 aromatic rings. The molecule has 0 spiro atoms. The summed E-state index contributed by atoms with van der Waals surface area (Å²) in [4.78, 5) is 28.2. The van der Waals surface area contributed by atoms with Gasteiger partial charge >= 0.3 is 5.97 Å². The van der Waals surface area contributed by atoms with E-state index < -0.39 is 12.0 Å². The molecule has 0 radical (unpaired) electrons. The van der Waals surface area contributed by atoms with Crippen molar-refractivity contribution in [2.45, 2.75) is 46.1 Å². The second kappa shape index (κ2) is 9.12. The van der Waals surface area contributed by atoms with E-state index in [1.54, 1.807) is 0 Å². The van der Waals surface area contributed by atoms with Crippen molar-refractivity contribution < 1.29 is 18.8 Å². The van der Waals surface area contributed by atoms with Crippen molar-refractivity contribution in [1.29, 1.82) is 0 Å². The van der Waals surface area contributed by atoms with Crippen molar-refractivity contribution in [2.24, 2.45) is 5.92 Å². The number of aromatic nitrogens is 2. The molecule has 1 heterocycles. The fourth-order valence-electron chi connectivity index (χ4n) is 2.49. The standard InChI is InChI=1S/C19H25N3O4/c1-12(2)11-15(19(24)25-4)20-16(23)9-10-17-21-18(22-26-17)14-7-5-13(3)6-8-14/h5-8,12,15H,9-11H2,1-4H3,(H,20,23)/t15-/m1/s1. The lowest BCUT2D eigenvalue weighted by Gasteiger charge is -2.18. The Kier molecular flexibility index (Phi) is 6.89. The molecule has 0 bridgehead atoms. The summed E-state index contributed by atoms with van der Waals surface area (Å²) in [5.41, 5.74) is 2.01. The Bertz CT molecular complexity index is 737. The quantitative estimate of drug-likeness (QED) is 0.728. The first-order chi connectivity index (χ1) is 12.4. The Balaban J connectivity index is 1.90. The smallest absolute Gasteiger partial charge is 0.328 e. The fraction of sp³-hybridized carbons (Fsp3) is 0.474. The molecule has 1 aromatic heterocycles. The van der Waals surface area contributed by atoms with Crippen LogP contribution < -0.4 is 5.32 Å². The van der Waals surface area contributed by atoms with Crippen LogP contribution in [0.1, 0.15) is 38.1 Å². The summed E-state index contributed by atoms with van der Waals surface area (Å²) in [6, 6.07) is 7.15. The molecule has 1 amide bonds. The van der Waals surface area contributed by atoms with Gasteiger partial charge in [-0.25, -0.2) is 4.79 Å². The van der Waals surface area contributed by atoms with Gasteiger partial charge in [0, 0.05) is 18.4 Å². The van der Waals surface area contributed by atoms with E-state index in [9.17, 15) is 9.59 Å². The van der Waals surface area contributed by atoms with Gasteiger partial charge in [0.25, 0.3) is 0 Å². The van der Waals surface area contributed by atoms with Gasteiger partial charge in [0.2, 0.25) is 17.6 Å². The maximum atomic E-state index is 12.1. The molecule has 0 aliphatic rings. The molecule has 0 aliphatic heterocycles. The second-order valence-corrected chi connectivity index (χ2v) is 6.65. The molecule has 1 aromatic carbocycles. The topological polar surface area (TPSA) is 94.3 Å². The highest BCUT2D eigenvalue weighted by atomic mass is 16.5. The van der Waals surface area contributed by atoms with Crippen molar-refractivity contribution in [1.82, 2.24) is 15.5 Å². The second-order valence-electron chi connectivity index (χ2n) is 6.65. The molecule has 7 heteroatoms. The predicted octanol–water partition coefficient (Wildman–Crippen LogP) is 2.68. The Labute approximate surface area is 153 Å². The summed E-state index contributed by atoms with van der Waals surface area (Å²) in [6.07, 6.45) is 0.984. The number of rotatable bonds is 8. The lowest BCUT2D eigenvalue weighted by Crippen LogP contribution is -2.42. The van der Waals surface area contributed by atoms with Gasteiger partial charge in [-0.1, -0.05) is 48.8 Å². The maximum absolute atomic E-state index is 12.1. The first-order valence-corrected chi connectivity index (χ1v) is 8.66. The first kappa shape index (κ1) is 19.6. The van der Waals surface area contributed by atoms with Crippen LogP contribution in [0.3, 0.4) is 0 Å². The van der Waals surface area contributed by atoms with Crippen LogP contribution in [0.25, 0.3) is 11.4 Å². The van der Waals surface area contributed by atoms with Gasteiger partial charge in [0.1, 0.15) is 6.04 Å². The van der Waals surface area contributed by atoms with E-state index in [-0.39, 0.29) is 18.2 Å². The monoisotopic (exact) mass is 359 g/mol. The average molecular weight is 359 g/mol. The number of benzene rings is 1. The molecule has 0 fully saturated rings. The van der Waals surface area contributed by atoms with Crippen LogP contribution in [0.5, 0.6) is 0 Å². The maximum Gasteiger partial charge on any atom is 0.328 e. The summed E-state index contributed by atoms with van der Waals surface area (Å²) in [7, 11) is 1.31. The fourth-order valence-corrected chi connectivity index (χ4v) is 2.49. The summed E-state index contributed by atoms with van der Waals surface area (Å²) in [5, 5.41) is 6.65. The molecule has 1 atom stereocenters. The number of hydrogen-bond acceptors (Lipinski definition) is 6. The zero-order chi connectivity index (χ0) is 19.1. The number of carbonyl (C=O) groups is 2. The highest BCUT2D eigenvalue weighted by Crippen LogP contribution is 2.17. The van der Waals surface area contributed by atoms with Gasteiger partial charge < -0.3 is 14.6 Å². The van der Waals surface area contributed by atoms with E-state index in [1.807, 2.05) is 45.0 Å². The van der Waals surface area contributed by atoms with Crippen LogP contribution in [0, 0.1) is 12.8 Å². The van der Waals surface area contributed by atoms with Gasteiger partial charge in [0.15, 0.2) is 0 Å². The summed E-state index contributed by atoms with van der Waals surface area (Å²) < 4.78 is 9.95. The summed E-state index contributed by atoms with van der Waals surface area (Å²) in [5.74, 6) is 0.442. The first-order valence-electron chi connectivity index (χ1n) is 8.66. The molecule has 0 saturated heterocycles. The third-order valence-electron chi connectivity index (χ3n) is 3.87. The molecule has 7 nitrogen and oxygen atoms in total. The largest absolute Gasteiger partial charge is 0.467 e. The minimum atomic E-state index is -0.640. The van der Waals surface area contributed by atoms with Gasteiger partial charge in [-0.15, -0.1) is 0 Å². The molecule has 0 saturated carbocycles. The number of amides is 1. The SMILES string of the molecule is COC(=O)[C@@H](CC(C)C)NC(=O)CCc1nc(-c2ccc(C)cc2)no1. The molecule has 26 heavy (non-hydrogen) atoms. The third kappa shape index (κ3) is 5.68. The Morgan fingerprint density at radius 1 is 1.23 bits per heavy atom. The Hall–Kier alpha value is -2.70. The molecular weight excluding hydrogens is 334 g/mol. The highest BCUT2D eigenvalue weighted by molar-refractivity contribution is 5.84. The minimum Gasteiger partial charge on any atom is -0.467 e. The van der Waals surface area contributed by atoms with Gasteiger partial charge in [-0.2, -0.15) is 4.98 Å². The molecule has 0 unspecified atom stereocenters. The number of carbonyl (C=O) groups excluding carboxylic acids is 2. The molecule has 0 aliphatic carbocycles. The van der Waals surface area contributed by atoms with Gasteiger partial charge in [-0.05, 0) is 19.3 Å². The number of methoxy groups -OCH3 is 1. The molecule has 2 rings (SSSR count). The molecule has 1 N–H and O–H groups in total. The summed E-state index contributed by atoms with van der Waals surface area (Å²) in [6.45, 7) is 5.96. The average Bonchev–Trinajstić information content (AvgIpc) is 3.08. The number of aryl methyl sites for hydroxylation is 2. The minimum absolute atomic E-state index is 0.154. The van der Waals surface area contributed by atoms with Crippen LogP contribution in [0.15, 0.2) is 28.8 Å². The van der Waals surface area contributed by atoms with Crippen molar-refractivity contribution >= 4 is 11.9 Å². The number of ether oxygens (including phenoxy) is 1. The Morgan fingerprint density at radius 2 is 1.92 bits per heavy atom. The van der Waals surface area contributed by atoms with Crippen LogP contribution in [-0.4, -0.2) is 35.2 Å². The third-order valence-corrected chi connectivity index (χ3v) is 3.87. The van der Waals surface area contributed by atoms with Crippen molar-refractivity contribution in [3.63, 3.8) is 0 Å². The van der Waals surface area contributed by atoms with E-state index in [0.29, 0.717) is 24.6 Å². The number of hydrogen-bond donors (Lipinski definition) is 1. The van der Waals surface area contributed by atoms with Crippen LogP contribution in [-0.2, 0) is 20.7 Å². The Morgan fingerprint density at radius 3 is 2.54 bits per heavy atom. The summed E-state index contributed by atoms with van der Waals surface area (Å²) >= 11 is 0. The lowest BCUT2D eigenvalue weighted by molar-refractivity contribution is -0.145. The van der Waals surface area contributed by atoms with E-state index >= 15 is 0 Å². The van der Waals surface area contributed by atoms with Crippen molar-refractivity contribution in [3.8, 4) is 11.4 Å². The normalized spacial score (nSPS) is 12.0. The highest BCUT2D eigenvalue weighted by Gasteiger charge is 2.22. The van der Waals surface area contributed by atoms with Gasteiger partial charge in [-0.3, -0.25) is 4.79 Å². The number of esters is 1. The van der Waals surface area contributed by atoms with Gasteiger partial charge in [0.05, 0.1) is 7.11 Å². The van der Waals surface area contributed by atoms with Crippen molar-refractivity contribution in [3.05, 3.63) is 35.7 Å². The van der Waals surface area contributed by atoms with E-state index in [1.165, 1.54) is 7.11 Å². The van der Waals surface area contributed by atoms with E-state index in [4.69, 9.17) is 9.26 Å². The lowest BCUT2D eigenvalue weighted by atomic mass is 10.0. The van der Waals surface area contributed by atoms with E-state index in [2.05, 4.69) is 15.5 Å². The molecule has 140 valence electrons. The van der Waals surface area contributed by atoms with Crippen LogP contribution >= 0.6 is 0 Å². The zero-order valence-corrected chi connectivity index (χ0v) is 15.6. The molecular formula is C19H25N3O4. The number of nitrogens with one attached hydrogen (secondary N) is 1. The predicted molar refractivity (Wildman–Crippen MR) is 96.2 cm³/mol. The number of nitrogens with zero attached hydrogens (tertiary/aromatic N) is 2.